The molecule has 8 nitrogen and oxygen atoms in total. The number of imidazole rings is 1. The first-order valence-corrected chi connectivity index (χ1v) is 12.3. The zero-order valence-electron chi connectivity index (χ0n) is 20.7. The van der Waals surface area contributed by atoms with Gasteiger partial charge >= 0.3 is 0 Å². The molecule has 1 aromatic heterocycles. The average molecular weight is 492 g/mol. The molecule has 0 bridgehead atoms. The zero-order chi connectivity index (χ0) is 25.1. The van der Waals surface area contributed by atoms with Crippen molar-refractivity contribution in [3.8, 4) is 0 Å². The van der Waals surface area contributed by atoms with Gasteiger partial charge in [0.25, 0.3) is 0 Å². The lowest BCUT2D eigenvalue weighted by molar-refractivity contribution is 0.0975. The maximum atomic E-state index is 13.4. The first kappa shape index (κ1) is 23.7. The Morgan fingerprint density at radius 1 is 1.06 bits per heavy atom. The van der Waals surface area contributed by atoms with Crippen LogP contribution in [0.15, 0.2) is 83.4 Å². The average Bonchev–Trinajstić information content (AvgIpc) is 3.51. The van der Waals surface area contributed by atoms with E-state index in [-0.39, 0.29) is 18.5 Å². The molecule has 4 heterocycles. The van der Waals surface area contributed by atoms with Crippen molar-refractivity contribution in [2.24, 2.45) is 10.9 Å². The summed E-state index contributed by atoms with van der Waals surface area (Å²) in [6.45, 7) is 8.67. The van der Waals surface area contributed by atoms with Crippen molar-refractivity contribution < 1.29 is 18.6 Å². The van der Waals surface area contributed by atoms with Gasteiger partial charge in [0.05, 0.1) is 43.0 Å². The number of nitrogens with zero attached hydrogens (tertiary/aromatic N) is 5. The molecule has 188 valence electrons. The van der Waals surface area contributed by atoms with E-state index in [9.17, 15) is 4.39 Å². The highest BCUT2D eigenvalue weighted by atomic mass is 19.1. The van der Waals surface area contributed by atoms with Crippen molar-refractivity contribution in [1.82, 2.24) is 14.6 Å². The highest BCUT2D eigenvalue weighted by molar-refractivity contribution is 5.98. The number of aliphatic imine (C=N–C) groups is 1. The van der Waals surface area contributed by atoms with Gasteiger partial charge in [0.15, 0.2) is 23.1 Å². The number of morpholine rings is 1. The summed E-state index contributed by atoms with van der Waals surface area (Å²) in [6, 6.07) is 6.54. The Kier molecular flexibility index (Phi) is 6.79. The zero-order valence-corrected chi connectivity index (χ0v) is 20.7. The van der Waals surface area contributed by atoms with E-state index in [1.165, 1.54) is 12.1 Å². The van der Waals surface area contributed by atoms with Gasteiger partial charge in [0.1, 0.15) is 12.4 Å². The maximum absolute atomic E-state index is 13.4. The number of aryl methyl sites for hydroxylation is 1. The number of allylic oxidation sites excluding steroid dienone is 5. The van der Waals surface area contributed by atoms with Crippen LogP contribution >= 0.6 is 0 Å². The van der Waals surface area contributed by atoms with Crippen molar-refractivity contribution in [3.63, 3.8) is 0 Å². The number of fused-ring (bicyclic) bond motifs is 2. The molecule has 2 saturated heterocycles. The molecule has 2 fully saturated rings. The quantitative estimate of drug-likeness (QED) is 0.623. The Labute approximate surface area is 210 Å². The number of aromatic nitrogens is 2. The molecular formula is C27H30FN5O3. The van der Waals surface area contributed by atoms with Gasteiger partial charge in [-0.3, -0.25) is 15.0 Å². The summed E-state index contributed by atoms with van der Waals surface area (Å²) in [5.74, 6) is 2.54. The van der Waals surface area contributed by atoms with Gasteiger partial charge in [-0.2, -0.15) is 0 Å². The first-order valence-electron chi connectivity index (χ1n) is 12.3. The molecule has 4 aliphatic rings. The second-order valence-corrected chi connectivity index (χ2v) is 8.32. The molecule has 3 aliphatic heterocycles. The molecule has 9 heteroatoms. The van der Waals surface area contributed by atoms with Gasteiger partial charge in [-0.1, -0.05) is 19.9 Å². The van der Waals surface area contributed by atoms with Crippen LogP contribution < -0.4 is 5.01 Å². The largest absolute Gasteiger partial charge is 0.488 e. The summed E-state index contributed by atoms with van der Waals surface area (Å²) in [5.41, 5.74) is 2.72. The molecule has 0 amide bonds. The third kappa shape index (κ3) is 4.60. The Balaban J connectivity index is 0.00000130. The summed E-state index contributed by atoms with van der Waals surface area (Å²) in [5, 5.41) is 4.24. The fourth-order valence-electron chi connectivity index (χ4n) is 4.47. The number of hydrogen-bond donors (Lipinski definition) is 0. The van der Waals surface area contributed by atoms with Crippen molar-refractivity contribution >= 4 is 17.2 Å². The lowest BCUT2D eigenvalue weighted by atomic mass is 10.1. The van der Waals surface area contributed by atoms with E-state index >= 15 is 0 Å². The van der Waals surface area contributed by atoms with Crippen LogP contribution in [0, 0.1) is 18.7 Å². The molecule has 36 heavy (non-hydrogen) atoms. The highest BCUT2D eigenvalue weighted by Crippen LogP contribution is 2.33. The number of amidine groups is 1. The summed E-state index contributed by atoms with van der Waals surface area (Å²) < 4.78 is 33.0. The monoisotopic (exact) mass is 491 g/mol. The van der Waals surface area contributed by atoms with Gasteiger partial charge in [-0.05, 0) is 49.4 Å². The summed E-state index contributed by atoms with van der Waals surface area (Å²) >= 11 is 0. The first-order chi connectivity index (χ1) is 17.7. The molecule has 6 rings (SSSR count). The molecule has 1 atom stereocenters. The minimum atomic E-state index is -0.248. The summed E-state index contributed by atoms with van der Waals surface area (Å²) in [6.07, 6.45) is 11.9. The number of rotatable bonds is 3. The Bertz CT molecular complexity index is 1260. The minimum Gasteiger partial charge on any atom is -0.488 e. The lowest BCUT2D eigenvalue weighted by Crippen LogP contribution is -2.55. The van der Waals surface area contributed by atoms with E-state index in [0.29, 0.717) is 37.0 Å². The Hall–Kier alpha value is -4.01. The molecule has 1 aromatic carbocycles. The van der Waals surface area contributed by atoms with E-state index in [1.54, 1.807) is 18.5 Å². The van der Waals surface area contributed by atoms with Gasteiger partial charge in [-0.15, -0.1) is 0 Å². The fraction of sp³-hybridized carbons (Fsp3) is 0.333. The molecule has 0 saturated carbocycles. The topological polar surface area (TPSA) is 64.4 Å². The lowest BCUT2D eigenvalue weighted by Gasteiger charge is -2.44. The Morgan fingerprint density at radius 3 is 2.67 bits per heavy atom. The number of benzene rings is 1. The van der Waals surface area contributed by atoms with Crippen molar-refractivity contribution in [1.29, 1.82) is 0 Å². The molecule has 1 unspecified atom stereocenters. The second kappa shape index (κ2) is 10.3. The third-order valence-electron chi connectivity index (χ3n) is 6.04. The number of ether oxygens (including phenoxy) is 3. The molecule has 0 N–H and O–H groups in total. The smallest absolute Gasteiger partial charge is 0.231 e. The van der Waals surface area contributed by atoms with Crippen LogP contribution in [0.2, 0.25) is 0 Å². The van der Waals surface area contributed by atoms with Gasteiger partial charge in [-0.25, -0.2) is 9.37 Å². The van der Waals surface area contributed by atoms with Gasteiger partial charge < -0.3 is 18.8 Å². The predicted octanol–water partition coefficient (Wildman–Crippen LogP) is 4.65. The third-order valence-corrected chi connectivity index (χ3v) is 6.04. The standard InChI is InChI=1S/C25H24FN5O3.C2H6/c1-17-14-29(15-28-17)21-7-2-18(12-22-24(21)34-16-33-22)13-23-25-27-8-9-30(31(25)10-11-32-23)20-5-3-19(26)4-6-20;1-2/h2-7,12-15,18H,8-11,16H2,1H3;1-2H3/b23-13-;. The molecular weight excluding hydrogens is 461 g/mol. The van der Waals surface area contributed by atoms with E-state index in [0.717, 1.165) is 29.5 Å². The van der Waals surface area contributed by atoms with Crippen LogP contribution in [0.3, 0.4) is 0 Å². The van der Waals surface area contributed by atoms with Crippen molar-refractivity contribution in [3.05, 3.63) is 89.9 Å². The van der Waals surface area contributed by atoms with Crippen LogP contribution in [0.4, 0.5) is 10.1 Å². The van der Waals surface area contributed by atoms with Crippen LogP contribution in [0.1, 0.15) is 19.5 Å². The van der Waals surface area contributed by atoms with Gasteiger partial charge in [0, 0.05) is 12.1 Å². The van der Waals surface area contributed by atoms with Crippen molar-refractivity contribution in [2.75, 3.05) is 38.0 Å². The van der Waals surface area contributed by atoms with Crippen LogP contribution in [0.5, 0.6) is 0 Å². The normalized spacial score (nSPS) is 21.8. The number of hydrogen-bond acceptors (Lipinski definition) is 7. The highest BCUT2D eigenvalue weighted by Gasteiger charge is 2.32. The van der Waals surface area contributed by atoms with E-state index in [4.69, 9.17) is 19.2 Å². The van der Waals surface area contributed by atoms with Crippen molar-refractivity contribution in [2.45, 2.75) is 20.8 Å². The number of anilines is 1. The van der Waals surface area contributed by atoms with Gasteiger partial charge in [0.2, 0.25) is 6.79 Å². The van der Waals surface area contributed by atoms with Crippen LogP contribution in [-0.2, 0) is 14.2 Å². The fourth-order valence-corrected chi connectivity index (χ4v) is 4.47. The summed E-state index contributed by atoms with van der Waals surface area (Å²) in [4.78, 5) is 9.09. The SMILES string of the molecule is CC.Cc1cn(C2=C3OCOC3=CC(/C=C3\OCCN4C3=NCCN4c3ccc(F)cc3)C=C2)cn1. The predicted molar refractivity (Wildman–Crippen MR) is 136 cm³/mol. The minimum absolute atomic E-state index is 0.0901. The second-order valence-electron chi connectivity index (χ2n) is 8.32. The van der Waals surface area contributed by atoms with Crippen LogP contribution in [0.25, 0.3) is 5.70 Å². The maximum Gasteiger partial charge on any atom is 0.231 e. The number of halogens is 1. The molecule has 0 spiro atoms. The Morgan fingerprint density at radius 2 is 1.89 bits per heavy atom. The molecule has 0 radical (unpaired) electrons. The summed E-state index contributed by atoms with van der Waals surface area (Å²) in [7, 11) is 0. The number of hydrazine groups is 1. The van der Waals surface area contributed by atoms with Crippen LogP contribution in [-0.4, -0.2) is 53.4 Å². The van der Waals surface area contributed by atoms with E-state index in [2.05, 4.69) is 21.1 Å². The van der Waals surface area contributed by atoms with E-state index < -0.39 is 0 Å². The molecule has 1 aliphatic carbocycles. The molecule has 2 aromatic rings. The van der Waals surface area contributed by atoms with E-state index in [1.807, 2.05) is 49.8 Å².